The van der Waals surface area contributed by atoms with E-state index in [-0.39, 0.29) is 6.10 Å². The molecular formula is C14H22N4O. The zero-order chi connectivity index (χ0) is 13.2. The van der Waals surface area contributed by atoms with E-state index in [9.17, 15) is 5.11 Å². The molecule has 3 rings (SSSR count). The normalized spacial score (nSPS) is 26.0. The predicted molar refractivity (Wildman–Crippen MR) is 74.3 cm³/mol. The maximum atomic E-state index is 9.54. The van der Waals surface area contributed by atoms with E-state index in [1.165, 1.54) is 18.4 Å². The van der Waals surface area contributed by atoms with E-state index in [0.717, 1.165) is 32.0 Å². The fourth-order valence-corrected chi connectivity index (χ4v) is 2.97. The molecule has 5 heteroatoms. The van der Waals surface area contributed by atoms with Crippen LogP contribution in [-0.2, 0) is 0 Å². The first-order valence-electron chi connectivity index (χ1n) is 7.16. The van der Waals surface area contributed by atoms with E-state index >= 15 is 0 Å². The Morgan fingerprint density at radius 2 is 1.79 bits per heavy atom. The Morgan fingerprint density at radius 3 is 2.37 bits per heavy atom. The van der Waals surface area contributed by atoms with E-state index in [1.807, 2.05) is 12.4 Å². The molecule has 5 nitrogen and oxygen atoms in total. The lowest BCUT2D eigenvalue weighted by atomic mass is 9.92. The largest absolute Gasteiger partial charge is 0.391 e. The zero-order valence-electron chi connectivity index (χ0n) is 11.5. The van der Waals surface area contributed by atoms with Crippen LogP contribution in [-0.4, -0.2) is 59.3 Å². The van der Waals surface area contributed by atoms with Gasteiger partial charge in [0.05, 0.1) is 6.10 Å². The molecule has 1 aromatic rings. The minimum absolute atomic E-state index is 0.225. The Kier molecular flexibility index (Phi) is 3.66. The van der Waals surface area contributed by atoms with E-state index in [4.69, 9.17) is 0 Å². The Bertz CT molecular complexity index is 414. The fourth-order valence-electron chi connectivity index (χ4n) is 2.97. The standard InChI is InChI=1S/C14H22N4O/c1-17-5-2-11(3-6-17)12-8-15-14(16-9-12)18-7-4-13(19)10-18/h8-9,11,13,19H,2-7,10H2,1H3. The summed E-state index contributed by atoms with van der Waals surface area (Å²) in [6.07, 6.45) is 6.94. The van der Waals surface area contributed by atoms with Gasteiger partial charge >= 0.3 is 0 Å². The molecule has 19 heavy (non-hydrogen) atoms. The third kappa shape index (κ3) is 2.87. The molecule has 2 saturated heterocycles. The zero-order valence-corrected chi connectivity index (χ0v) is 11.5. The molecule has 0 spiro atoms. The summed E-state index contributed by atoms with van der Waals surface area (Å²) < 4.78 is 0. The van der Waals surface area contributed by atoms with Gasteiger partial charge in [0, 0.05) is 25.5 Å². The fraction of sp³-hybridized carbons (Fsp3) is 0.714. The van der Waals surface area contributed by atoms with Crippen molar-refractivity contribution in [1.82, 2.24) is 14.9 Å². The number of rotatable bonds is 2. The Morgan fingerprint density at radius 1 is 1.11 bits per heavy atom. The average molecular weight is 262 g/mol. The number of likely N-dealkylation sites (tertiary alicyclic amines) is 1. The predicted octanol–water partition coefficient (Wildman–Crippen LogP) is 0.857. The molecule has 1 N–H and O–H groups in total. The van der Waals surface area contributed by atoms with E-state index in [1.54, 1.807) is 0 Å². The molecule has 1 aromatic heterocycles. The maximum absolute atomic E-state index is 9.54. The molecule has 3 heterocycles. The van der Waals surface area contributed by atoms with Crippen molar-refractivity contribution in [2.75, 3.05) is 38.1 Å². The van der Waals surface area contributed by atoms with Gasteiger partial charge in [0.2, 0.25) is 5.95 Å². The molecule has 2 aliphatic rings. The van der Waals surface area contributed by atoms with Gasteiger partial charge in [-0.3, -0.25) is 0 Å². The summed E-state index contributed by atoms with van der Waals surface area (Å²) >= 11 is 0. The van der Waals surface area contributed by atoms with Crippen LogP contribution in [0.25, 0.3) is 0 Å². The van der Waals surface area contributed by atoms with Crippen LogP contribution in [0.4, 0.5) is 5.95 Å². The van der Waals surface area contributed by atoms with Crippen molar-refractivity contribution in [2.45, 2.75) is 31.3 Å². The van der Waals surface area contributed by atoms with Gasteiger partial charge in [0.15, 0.2) is 0 Å². The van der Waals surface area contributed by atoms with Crippen molar-refractivity contribution in [3.05, 3.63) is 18.0 Å². The molecule has 0 radical (unpaired) electrons. The topological polar surface area (TPSA) is 52.5 Å². The Balaban J connectivity index is 1.65. The molecule has 0 bridgehead atoms. The van der Waals surface area contributed by atoms with Crippen LogP contribution in [0.5, 0.6) is 0 Å². The van der Waals surface area contributed by atoms with Crippen LogP contribution in [0.1, 0.15) is 30.7 Å². The summed E-state index contributed by atoms with van der Waals surface area (Å²) in [7, 11) is 2.18. The van der Waals surface area contributed by atoms with E-state index in [2.05, 4.69) is 26.8 Å². The monoisotopic (exact) mass is 262 g/mol. The number of piperidine rings is 1. The first-order chi connectivity index (χ1) is 9.22. The van der Waals surface area contributed by atoms with Gasteiger partial charge < -0.3 is 14.9 Å². The molecule has 1 atom stereocenters. The molecule has 0 aromatic carbocycles. The van der Waals surface area contributed by atoms with Crippen LogP contribution in [0.2, 0.25) is 0 Å². The number of aliphatic hydroxyl groups is 1. The maximum Gasteiger partial charge on any atom is 0.225 e. The van der Waals surface area contributed by atoms with Crippen molar-refractivity contribution in [1.29, 1.82) is 0 Å². The first kappa shape index (κ1) is 12.8. The van der Waals surface area contributed by atoms with Crippen LogP contribution < -0.4 is 4.90 Å². The number of nitrogens with zero attached hydrogens (tertiary/aromatic N) is 4. The summed E-state index contributed by atoms with van der Waals surface area (Å²) in [6, 6.07) is 0. The number of anilines is 1. The molecule has 2 fully saturated rings. The molecule has 104 valence electrons. The molecule has 0 aliphatic carbocycles. The average Bonchev–Trinajstić information content (AvgIpc) is 2.87. The van der Waals surface area contributed by atoms with Gasteiger partial charge in [0.1, 0.15) is 0 Å². The van der Waals surface area contributed by atoms with Gasteiger partial charge in [-0.05, 0) is 50.9 Å². The first-order valence-corrected chi connectivity index (χ1v) is 7.16. The Labute approximate surface area is 114 Å². The minimum Gasteiger partial charge on any atom is -0.391 e. The van der Waals surface area contributed by atoms with Crippen molar-refractivity contribution in [2.24, 2.45) is 0 Å². The number of β-amino-alcohol motifs (C(OH)–C–C–N with tert-alkyl or cyclic N) is 1. The van der Waals surface area contributed by atoms with Crippen molar-refractivity contribution >= 4 is 5.95 Å². The Hall–Kier alpha value is -1.20. The van der Waals surface area contributed by atoms with Gasteiger partial charge in [-0.1, -0.05) is 0 Å². The number of aromatic nitrogens is 2. The van der Waals surface area contributed by atoms with Gasteiger partial charge in [-0.15, -0.1) is 0 Å². The minimum atomic E-state index is -0.225. The van der Waals surface area contributed by atoms with Crippen LogP contribution in [0, 0.1) is 0 Å². The molecule has 0 amide bonds. The summed E-state index contributed by atoms with van der Waals surface area (Å²) in [5.41, 5.74) is 1.26. The second kappa shape index (κ2) is 5.43. The summed E-state index contributed by atoms with van der Waals surface area (Å²) in [6.45, 7) is 3.83. The highest BCUT2D eigenvalue weighted by Crippen LogP contribution is 2.27. The third-order valence-corrected chi connectivity index (χ3v) is 4.29. The van der Waals surface area contributed by atoms with E-state index in [0.29, 0.717) is 12.5 Å². The van der Waals surface area contributed by atoms with E-state index < -0.39 is 0 Å². The summed E-state index contributed by atoms with van der Waals surface area (Å²) in [5, 5.41) is 9.54. The summed E-state index contributed by atoms with van der Waals surface area (Å²) in [5.74, 6) is 1.36. The van der Waals surface area contributed by atoms with Crippen LogP contribution >= 0.6 is 0 Å². The van der Waals surface area contributed by atoms with Gasteiger partial charge in [-0.2, -0.15) is 0 Å². The van der Waals surface area contributed by atoms with Gasteiger partial charge in [-0.25, -0.2) is 9.97 Å². The molecule has 1 unspecified atom stereocenters. The van der Waals surface area contributed by atoms with Crippen molar-refractivity contribution in [3.8, 4) is 0 Å². The molecular weight excluding hydrogens is 240 g/mol. The molecule has 0 saturated carbocycles. The highest BCUT2D eigenvalue weighted by atomic mass is 16.3. The second-order valence-corrected chi connectivity index (χ2v) is 5.78. The quantitative estimate of drug-likeness (QED) is 0.856. The lowest BCUT2D eigenvalue weighted by Gasteiger charge is -2.29. The smallest absolute Gasteiger partial charge is 0.225 e. The van der Waals surface area contributed by atoms with Crippen LogP contribution in [0.15, 0.2) is 12.4 Å². The van der Waals surface area contributed by atoms with Gasteiger partial charge in [0.25, 0.3) is 0 Å². The number of aliphatic hydroxyl groups excluding tert-OH is 1. The number of hydrogen-bond acceptors (Lipinski definition) is 5. The van der Waals surface area contributed by atoms with Crippen molar-refractivity contribution < 1.29 is 5.11 Å². The highest BCUT2D eigenvalue weighted by Gasteiger charge is 2.23. The highest BCUT2D eigenvalue weighted by molar-refractivity contribution is 5.32. The second-order valence-electron chi connectivity index (χ2n) is 5.78. The third-order valence-electron chi connectivity index (χ3n) is 4.29. The SMILES string of the molecule is CN1CCC(c2cnc(N3CCC(O)C3)nc2)CC1. The van der Waals surface area contributed by atoms with Crippen LogP contribution in [0.3, 0.4) is 0 Å². The lowest BCUT2D eigenvalue weighted by molar-refractivity contribution is 0.198. The van der Waals surface area contributed by atoms with Crippen molar-refractivity contribution in [3.63, 3.8) is 0 Å². The molecule has 2 aliphatic heterocycles. The number of hydrogen-bond donors (Lipinski definition) is 1. The lowest BCUT2D eigenvalue weighted by Crippen LogP contribution is -2.29. The summed E-state index contributed by atoms with van der Waals surface area (Å²) in [4.78, 5) is 13.4.